The highest BCUT2D eigenvalue weighted by Gasteiger charge is 2.58. The summed E-state index contributed by atoms with van der Waals surface area (Å²) in [7, 11) is 0. The zero-order chi connectivity index (χ0) is 22.0. The average molecular weight is 448 g/mol. The van der Waals surface area contributed by atoms with Gasteiger partial charge in [0.25, 0.3) is 0 Å². The van der Waals surface area contributed by atoms with E-state index in [1.165, 1.54) is 19.0 Å². The molecule has 2 aliphatic carbocycles. The van der Waals surface area contributed by atoms with E-state index in [1.54, 1.807) is 0 Å². The van der Waals surface area contributed by atoms with E-state index in [4.69, 9.17) is 15.5 Å². The first kappa shape index (κ1) is 20.5. The number of piperidine rings is 1. The van der Waals surface area contributed by atoms with Crippen molar-refractivity contribution in [2.75, 3.05) is 32.0 Å². The fourth-order valence-corrected chi connectivity index (χ4v) is 5.69. The summed E-state index contributed by atoms with van der Waals surface area (Å²) in [5.41, 5.74) is 5.52. The maximum Gasteiger partial charge on any atom is 0.419 e. The predicted molar refractivity (Wildman–Crippen MR) is 113 cm³/mol. The average Bonchev–Trinajstić information content (AvgIpc) is 3.61. The Kier molecular flexibility index (Phi) is 4.77. The number of alkyl halides is 3. The van der Waals surface area contributed by atoms with E-state index >= 15 is 0 Å². The summed E-state index contributed by atoms with van der Waals surface area (Å²) in [6.45, 7) is 3.90. The number of hydrogen-bond donors (Lipinski definition) is 1. The SMILES string of the molecule is Nc1ncc(-c2cn([C@@H]3[C@@H]4CN(C5CCOCC5)C[C@@H]43)c(CC3CC3)n2)cc1C(F)(F)F. The quantitative estimate of drug-likeness (QED) is 0.756. The number of ether oxygens (including phenoxy) is 1. The minimum Gasteiger partial charge on any atom is -0.383 e. The molecule has 9 heteroatoms. The molecule has 32 heavy (non-hydrogen) atoms. The molecule has 0 unspecified atom stereocenters. The lowest BCUT2D eigenvalue weighted by Crippen LogP contribution is -2.39. The Morgan fingerprint density at radius 2 is 1.81 bits per heavy atom. The number of likely N-dealkylation sites (tertiary alicyclic amines) is 1. The Hall–Kier alpha value is -2.13. The number of hydrogen-bond acceptors (Lipinski definition) is 5. The predicted octanol–water partition coefficient (Wildman–Crippen LogP) is 3.78. The van der Waals surface area contributed by atoms with Crippen LogP contribution in [0.25, 0.3) is 11.3 Å². The minimum atomic E-state index is -4.53. The van der Waals surface area contributed by atoms with Crippen LogP contribution in [-0.4, -0.2) is 51.8 Å². The molecule has 3 atom stereocenters. The lowest BCUT2D eigenvalue weighted by atomic mass is 10.1. The van der Waals surface area contributed by atoms with E-state index in [0.717, 1.165) is 57.5 Å². The Morgan fingerprint density at radius 3 is 2.47 bits per heavy atom. The molecular weight excluding hydrogens is 419 g/mol. The third-order valence-corrected chi connectivity index (χ3v) is 7.70. The lowest BCUT2D eigenvalue weighted by Gasteiger charge is -2.32. The molecule has 2 saturated heterocycles. The highest BCUT2D eigenvalue weighted by molar-refractivity contribution is 5.62. The van der Waals surface area contributed by atoms with Gasteiger partial charge in [-0.3, -0.25) is 4.90 Å². The maximum absolute atomic E-state index is 13.3. The van der Waals surface area contributed by atoms with Crippen molar-refractivity contribution >= 4 is 5.82 Å². The molecule has 0 bridgehead atoms. The van der Waals surface area contributed by atoms with Gasteiger partial charge in [-0.25, -0.2) is 9.97 Å². The number of halogens is 3. The second-order valence-corrected chi connectivity index (χ2v) is 9.87. The second kappa shape index (κ2) is 7.45. The van der Waals surface area contributed by atoms with Gasteiger partial charge in [0.2, 0.25) is 0 Å². The van der Waals surface area contributed by atoms with Gasteiger partial charge in [-0.05, 0) is 49.5 Å². The van der Waals surface area contributed by atoms with E-state index in [1.807, 2.05) is 6.20 Å². The summed E-state index contributed by atoms with van der Waals surface area (Å²) in [4.78, 5) is 11.2. The third kappa shape index (κ3) is 3.69. The van der Waals surface area contributed by atoms with Gasteiger partial charge in [0.15, 0.2) is 0 Å². The number of nitrogens with two attached hydrogens (primary N) is 1. The number of fused-ring (bicyclic) bond motifs is 1. The summed E-state index contributed by atoms with van der Waals surface area (Å²) >= 11 is 0. The normalized spacial score (nSPS) is 28.8. The highest BCUT2D eigenvalue weighted by Crippen LogP contribution is 2.57. The Balaban J connectivity index is 1.25. The van der Waals surface area contributed by atoms with Gasteiger partial charge in [0.1, 0.15) is 11.6 Å². The number of anilines is 1. The van der Waals surface area contributed by atoms with Crippen LogP contribution in [0.3, 0.4) is 0 Å². The van der Waals surface area contributed by atoms with E-state index in [2.05, 4.69) is 14.5 Å². The van der Waals surface area contributed by atoms with Crippen molar-refractivity contribution in [2.45, 2.75) is 50.4 Å². The Bertz CT molecular complexity index is 1000. The third-order valence-electron chi connectivity index (χ3n) is 7.70. The first-order chi connectivity index (χ1) is 15.4. The van der Waals surface area contributed by atoms with Gasteiger partial charge in [-0.1, -0.05) is 0 Å². The van der Waals surface area contributed by atoms with Gasteiger partial charge in [-0.15, -0.1) is 0 Å². The van der Waals surface area contributed by atoms with E-state index in [0.29, 0.717) is 41.1 Å². The molecule has 2 saturated carbocycles. The van der Waals surface area contributed by atoms with Crippen molar-refractivity contribution in [1.82, 2.24) is 19.4 Å². The zero-order valence-electron chi connectivity index (χ0n) is 17.9. The van der Waals surface area contributed by atoms with Crippen LogP contribution in [0.5, 0.6) is 0 Å². The number of aromatic nitrogens is 3. The zero-order valence-corrected chi connectivity index (χ0v) is 17.9. The van der Waals surface area contributed by atoms with E-state index < -0.39 is 17.6 Å². The topological polar surface area (TPSA) is 69.2 Å². The number of nitrogen functional groups attached to an aromatic ring is 1. The number of pyridine rings is 1. The molecule has 0 spiro atoms. The highest BCUT2D eigenvalue weighted by atomic mass is 19.4. The minimum absolute atomic E-state index is 0.372. The fraction of sp³-hybridized carbons (Fsp3) is 0.652. The van der Waals surface area contributed by atoms with Gasteiger partial charge < -0.3 is 15.0 Å². The molecule has 0 radical (unpaired) electrons. The van der Waals surface area contributed by atoms with Crippen LogP contribution >= 0.6 is 0 Å². The van der Waals surface area contributed by atoms with Crippen LogP contribution in [0.4, 0.5) is 19.0 Å². The molecule has 2 aromatic rings. The van der Waals surface area contributed by atoms with Crippen LogP contribution < -0.4 is 5.73 Å². The fourth-order valence-electron chi connectivity index (χ4n) is 5.69. The molecule has 6 rings (SSSR count). The first-order valence-electron chi connectivity index (χ1n) is 11.6. The molecule has 4 heterocycles. The molecule has 2 aliphatic heterocycles. The maximum atomic E-state index is 13.3. The van der Waals surface area contributed by atoms with Gasteiger partial charge in [0, 0.05) is 62.8 Å². The Morgan fingerprint density at radius 1 is 1.09 bits per heavy atom. The summed E-state index contributed by atoms with van der Waals surface area (Å²) in [6, 6.07) is 2.12. The lowest BCUT2D eigenvalue weighted by molar-refractivity contribution is -0.137. The van der Waals surface area contributed by atoms with Crippen molar-refractivity contribution in [3.8, 4) is 11.3 Å². The van der Waals surface area contributed by atoms with Crippen LogP contribution in [0, 0.1) is 17.8 Å². The number of rotatable bonds is 5. The molecule has 0 amide bonds. The molecule has 0 aromatic carbocycles. The summed E-state index contributed by atoms with van der Waals surface area (Å²) in [5, 5.41) is 0. The second-order valence-electron chi connectivity index (χ2n) is 9.87. The number of nitrogens with zero attached hydrogens (tertiary/aromatic N) is 4. The largest absolute Gasteiger partial charge is 0.419 e. The van der Waals surface area contributed by atoms with Crippen molar-refractivity contribution < 1.29 is 17.9 Å². The van der Waals surface area contributed by atoms with Crippen molar-refractivity contribution in [3.05, 3.63) is 29.8 Å². The smallest absolute Gasteiger partial charge is 0.383 e. The number of imidazole rings is 1. The van der Waals surface area contributed by atoms with Crippen molar-refractivity contribution in [3.63, 3.8) is 0 Å². The van der Waals surface area contributed by atoms with Gasteiger partial charge in [-0.2, -0.15) is 13.2 Å². The monoisotopic (exact) mass is 447 g/mol. The van der Waals surface area contributed by atoms with Crippen LogP contribution in [0.1, 0.15) is 43.1 Å². The Labute approximate surface area is 185 Å². The van der Waals surface area contributed by atoms with Crippen LogP contribution in [0.2, 0.25) is 0 Å². The first-order valence-corrected chi connectivity index (χ1v) is 11.6. The van der Waals surface area contributed by atoms with Crippen molar-refractivity contribution in [1.29, 1.82) is 0 Å². The van der Waals surface area contributed by atoms with Crippen LogP contribution in [0.15, 0.2) is 18.5 Å². The summed E-state index contributed by atoms with van der Waals surface area (Å²) in [5.74, 6) is 2.37. The van der Waals surface area contributed by atoms with Crippen LogP contribution in [-0.2, 0) is 17.3 Å². The molecule has 2 aromatic heterocycles. The summed E-state index contributed by atoms with van der Waals surface area (Å²) < 4.78 is 47.8. The molecule has 2 N–H and O–H groups in total. The van der Waals surface area contributed by atoms with E-state index in [-0.39, 0.29) is 0 Å². The van der Waals surface area contributed by atoms with E-state index in [9.17, 15) is 13.2 Å². The van der Waals surface area contributed by atoms with Crippen molar-refractivity contribution in [2.24, 2.45) is 17.8 Å². The van der Waals surface area contributed by atoms with Gasteiger partial charge in [0.05, 0.1) is 11.3 Å². The summed E-state index contributed by atoms with van der Waals surface area (Å²) in [6.07, 6.45) is 4.35. The molecule has 4 aliphatic rings. The molecule has 4 fully saturated rings. The molecule has 172 valence electrons. The molecule has 6 nitrogen and oxygen atoms in total. The molecular formula is C23H28F3N5O. The standard InChI is InChI=1S/C23H28F3N5O/c24-23(25,26)18-8-14(9-28-22(18)27)19-12-31(20(29-19)7-13-1-2-13)21-16-10-30(11-17(16)21)15-3-5-32-6-4-15/h8-9,12-13,15-17,21H,1-7,10-11H2,(H2,27,28)/t16-,17+,21-. The van der Waals surface area contributed by atoms with Gasteiger partial charge >= 0.3 is 6.18 Å².